The van der Waals surface area contributed by atoms with Gasteiger partial charge in [-0.3, -0.25) is 9.69 Å². The number of nitrogen functional groups attached to an aromatic ring is 1. The summed E-state index contributed by atoms with van der Waals surface area (Å²) in [5.74, 6) is -0.111. The van der Waals surface area contributed by atoms with E-state index in [1.54, 1.807) is 7.05 Å². The average Bonchev–Trinajstić information content (AvgIpc) is 3.44. The molecular formula is C32H38Cl4N4OS. The highest BCUT2D eigenvalue weighted by molar-refractivity contribution is 7.13. The molecule has 1 fully saturated rings. The zero-order valence-corrected chi connectivity index (χ0v) is 27.8. The van der Waals surface area contributed by atoms with Crippen LogP contribution in [0.4, 0.5) is 5.13 Å². The number of hydrogen-bond acceptors (Lipinski definition) is 5. The summed E-state index contributed by atoms with van der Waals surface area (Å²) in [5, 5.41) is 6.60. The number of rotatable bonds is 8. The van der Waals surface area contributed by atoms with E-state index in [-0.39, 0.29) is 36.6 Å². The molecule has 0 radical (unpaired) electrons. The molecule has 3 aromatic rings. The standard InChI is InChI=1S/C32H36Cl2N4OS.2ClH/c1-3-10-24(22-13-14-26(33)27(34)19-22)25-20-31(23-11-6-4-7-12-23,28-21-40-30(35)37-28)15-16-32(25,29(39)36-2)38-17-8-5-9-18-38;;/h4,6-7,11-16,19-21,24H,3,5,8-10,17-18H2,1-2H3,(H2,35,37)(H,36,39);2*1H. The Morgan fingerprint density at radius 1 is 1.07 bits per heavy atom. The number of benzene rings is 2. The number of aromatic nitrogens is 1. The lowest BCUT2D eigenvalue weighted by molar-refractivity contribution is -0.129. The van der Waals surface area contributed by atoms with Crippen LogP contribution in [0.5, 0.6) is 0 Å². The van der Waals surface area contributed by atoms with E-state index in [1.807, 2.05) is 41.8 Å². The van der Waals surface area contributed by atoms with E-state index in [0.29, 0.717) is 15.2 Å². The zero-order chi connectivity index (χ0) is 28.3. The molecule has 1 aliphatic carbocycles. The van der Waals surface area contributed by atoms with Gasteiger partial charge in [0.15, 0.2) is 5.13 Å². The quantitative estimate of drug-likeness (QED) is 0.238. The summed E-state index contributed by atoms with van der Waals surface area (Å²) in [6.45, 7) is 3.87. The molecule has 3 unspecified atom stereocenters. The second-order valence-electron chi connectivity index (χ2n) is 10.6. The number of nitrogens with zero attached hydrogens (tertiary/aromatic N) is 2. The number of likely N-dealkylation sites (N-methyl/N-ethyl adjacent to an activating group) is 1. The fourth-order valence-electron chi connectivity index (χ4n) is 6.39. The molecule has 226 valence electrons. The number of allylic oxidation sites excluding steroid dienone is 2. The largest absolute Gasteiger partial charge is 0.375 e. The lowest BCUT2D eigenvalue weighted by atomic mass is 9.64. The molecule has 0 spiro atoms. The van der Waals surface area contributed by atoms with Crippen LogP contribution in [0.3, 0.4) is 0 Å². The van der Waals surface area contributed by atoms with E-state index in [4.69, 9.17) is 33.9 Å². The van der Waals surface area contributed by atoms with E-state index in [1.165, 1.54) is 17.8 Å². The maximum atomic E-state index is 14.2. The summed E-state index contributed by atoms with van der Waals surface area (Å²) in [4.78, 5) is 21.4. The number of carbonyl (C=O) groups is 1. The van der Waals surface area contributed by atoms with Gasteiger partial charge in [0.25, 0.3) is 0 Å². The number of hydrogen-bond donors (Lipinski definition) is 2. The van der Waals surface area contributed by atoms with Gasteiger partial charge >= 0.3 is 0 Å². The summed E-state index contributed by atoms with van der Waals surface area (Å²) >= 11 is 14.4. The van der Waals surface area contributed by atoms with Gasteiger partial charge in [-0.2, -0.15) is 0 Å². The van der Waals surface area contributed by atoms with Gasteiger partial charge in [0, 0.05) is 18.3 Å². The van der Waals surface area contributed by atoms with Crippen LogP contribution in [0.1, 0.15) is 61.8 Å². The lowest BCUT2D eigenvalue weighted by Gasteiger charge is -2.49. The molecule has 1 saturated heterocycles. The molecule has 3 atom stereocenters. The van der Waals surface area contributed by atoms with Crippen LogP contribution >= 0.6 is 59.4 Å². The molecular weight excluding hydrogens is 630 g/mol. The minimum atomic E-state index is -0.957. The Labute approximate surface area is 275 Å². The third-order valence-corrected chi connectivity index (χ3v) is 9.75. The molecule has 5 nitrogen and oxygen atoms in total. The number of thiazole rings is 1. The van der Waals surface area contributed by atoms with E-state index in [0.717, 1.165) is 61.2 Å². The van der Waals surface area contributed by atoms with Crippen molar-refractivity contribution in [1.29, 1.82) is 0 Å². The topological polar surface area (TPSA) is 71.2 Å². The molecule has 5 rings (SSSR count). The molecule has 1 amide bonds. The third kappa shape index (κ3) is 6.26. The molecule has 2 aromatic carbocycles. The van der Waals surface area contributed by atoms with Gasteiger partial charge in [0.1, 0.15) is 5.54 Å². The van der Waals surface area contributed by atoms with Crippen LogP contribution in [0.2, 0.25) is 10.0 Å². The molecule has 0 saturated carbocycles. The highest BCUT2D eigenvalue weighted by Crippen LogP contribution is 2.50. The van der Waals surface area contributed by atoms with Crippen molar-refractivity contribution in [3.63, 3.8) is 0 Å². The Morgan fingerprint density at radius 2 is 1.79 bits per heavy atom. The van der Waals surface area contributed by atoms with Crippen LogP contribution in [0, 0.1) is 0 Å². The van der Waals surface area contributed by atoms with Crippen molar-refractivity contribution in [1.82, 2.24) is 15.2 Å². The lowest BCUT2D eigenvalue weighted by Crippen LogP contribution is -2.61. The second-order valence-corrected chi connectivity index (χ2v) is 12.4. The highest BCUT2D eigenvalue weighted by atomic mass is 35.5. The van der Waals surface area contributed by atoms with Crippen molar-refractivity contribution < 1.29 is 4.79 Å². The van der Waals surface area contributed by atoms with Crippen molar-refractivity contribution in [2.75, 3.05) is 25.9 Å². The van der Waals surface area contributed by atoms with Crippen LogP contribution < -0.4 is 11.1 Å². The maximum Gasteiger partial charge on any atom is 0.248 e. The van der Waals surface area contributed by atoms with Crippen molar-refractivity contribution in [3.05, 3.63) is 105 Å². The summed E-state index contributed by atoms with van der Waals surface area (Å²) in [5.41, 5.74) is 8.54. The minimum Gasteiger partial charge on any atom is -0.375 e. The van der Waals surface area contributed by atoms with Gasteiger partial charge in [-0.1, -0.05) is 97.6 Å². The molecule has 1 aliphatic heterocycles. The number of nitrogens with two attached hydrogens (primary N) is 1. The Balaban J connectivity index is 0.00000242. The highest BCUT2D eigenvalue weighted by Gasteiger charge is 2.52. The van der Waals surface area contributed by atoms with Crippen LogP contribution in [0.25, 0.3) is 0 Å². The first-order valence-electron chi connectivity index (χ1n) is 14.0. The van der Waals surface area contributed by atoms with Crippen molar-refractivity contribution in [3.8, 4) is 0 Å². The van der Waals surface area contributed by atoms with Gasteiger partial charge < -0.3 is 11.1 Å². The molecule has 42 heavy (non-hydrogen) atoms. The molecule has 2 heterocycles. The van der Waals surface area contributed by atoms with Gasteiger partial charge in [-0.05, 0) is 61.2 Å². The SMILES string of the molecule is CCCC(C1=CC(c2ccccc2)(c2csc(N)n2)C=CC1(C(=O)NC)N1CCCCC1)c1ccc(Cl)c(Cl)c1.Cl.Cl. The van der Waals surface area contributed by atoms with E-state index in [9.17, 15) is 4.79 Å². The molecule has 0 bridgehead atoms. The van der Waals surface area contributed by atoms with Gasteiger partial charge in [0.2, 0.25) is 5.91 Å². The molecule has 3 N–H and O–H groups in total. The predicted octanol–water partition coefficient (Wildman–Crippen LogP) is 8.21. The Morgan fingerprint density at radius 3 is 2.38 bits per heavy atom. The summed E-state index contributed by atoms with van der Waals surface area (Å²) < 4.78 is 0. The molecule has 10 heteroatoms. The second kappa shape index (κ2) is 14.6. The van der Waals surface area contributed by atoms with Gasteiger partial charge in [-0.25, -0.2) is 4.98 Å². The van der Waals surface area contributed by atoms with Gasteiger partial charge in [0.05, 0.1) is 21.2 Å². The number of amides is 1. The number of anilines is 1. The van der Waals surface area contributed by atoms with Crippen LogP contribution in [-0.4, -0.2) is 41.5 Å². The fraction of sp³-hybridized carbons (Fsp3) is 0.375. The number of carbonyl (C=O) groups excluding carboxylic acids is 1. The zero-order valence-electron chi connectivity index (χ0n) is 23.8. The number of likely N-dealkylation sites (tertiary alicyclic amines) is 1. The molecule has 1 aromatic heterocycles. The first-order chi connectivity index (χ1) is 19.4. The third-order valence-electron chi connectivity index (χ3n) is 8.33. The van der Waals surface area contributed by atoms with Crippen molar-refractivity contribution >= 4 is 70.4 Å². The minimum absolute atomic E-state index is 0. The van der Waals surface area contributed by atoms with Crippen molar-refractivity contribution in [2.24, 2.45) is 0 Å². The number of halogens is 4. The first kappa shape index (κ1) is 34.4. The Bertz CT molecular complexity index is 1420. The summed E-state index contributed by atoms with van der Waals surface area (Å²) in [7, 11) is 1.73. The van der Waals surface area contributed by atoms with E-state index < -0.39 is 11.0 Å². The first-order valence-corrected chi connectivity index (χ1v) is 15.6. The Hall–Kier alpha value is -2.06. The molecule has 2 aliphatic rings. The van der Waals surface area contributed by atoms with Gasteiger partial charge in [-0.15, -0.1) is 36.2 Å². The van der Waals surface area contributed by atoms with E-state index >= 15 is 0 Å². The Kier molecular flexibility index (Phi) is 12.0. The predicted molar refractivity (Wildman–Crippen MR) is 182 cm³/mol. The maximum absolute atomic E-state index is 14.2. The summed E-state index contributed by atoms with van der Waals surface area (Å²) in [6, 6.07) is 16.2. The van der Waals surface area contributed by atoms with E-state index in [2.05, 4.69) is 47.5 Å². The monoisotopic (exact) mass is 666 g/mol. The van der Waals surface area contributed by atoms with Crippen LogP contribution in [-0.2, 0) is 10.2 Å². The number of nitrogens with one attached hydrogen (secondary N) is 1. The average molecular weight is 669 g/mol. The number of piperidine rings is 1. The normalized spacial score (nSPS) is 22.8. The fourth-order valence-corrected chi connectivity index (χ4v) is 7.33. The summed E-state index contributed by atoms with van der Waals surface area (Å²) in [6.07, 6.45) is 11.6. The smallest absolute Gasteiger partial charge is 0.248 e. The van der Waals surface area contributed by atoms with Crippen molar-refractivity contribution in [2.45, 2.75) is 55.9 Å². The van der Waals surface area contributed by atoms with Crippen LogP contribution in [0.15, 0.2) is 77.7 Å².